The minimum Gasteiger partial charge on any atom is -0.448 e. The largest absolute Gasteiger partial charge is 0.448 e. The van der Waals surface area contributed by atoms with Crippen molar-refractivity contribution in [3.05, 3.63) is 48.0 Å². The number of carbonyl (C=O) groups excluding carboxylic acids is 1. The molecule has 220 valence electrons. The first kappa shape index (κ1) is 28.6. The first-order valence-electron chi connectivity index (χ1n) is 13.1. The summed E-state index contributed by atoms with van der Waals surface area (Å²) in [5.74, 6) is -0.237. The van der Waals surface area contributed by atoms with Crippen LogP contribution in [0, 0.1) is 0 Å². The number of hydrogen-bond donors (Lipinski definition) is 2. The molecule has 2 atom stereocenters. The van der Waals surface area contributed by atoms with Crippen LogP contribution in [-0.2, 0) is 18.5 Å². The molecule has 3 aromatic heterocycles. The van der Waals surface area contributed by atoms with Crippen LogP contribution in [0.5, 0.6) is 0 Å². The normalized spacial score (nSPS) is 18.6. The fourth-order valence-corrected chi connectivity index (χ4v) is 4.76. The number of hydrogen-bond acceptors (Lipinski definition) is 8. The molecule has 4 heterocycles. The van der Waals surface area contributed by atoms with Crippen molar-refractivity contribution in [2.24, 2.45) is 0 Å². The van der Waals surface area contributed by atoms with Crippen LogP contribution in [0.1, 0.15) is 49.5 Å². The van der Waals surface area contributed by atoms with E-state index in [1.807, 2.05) is 32.7 Å². The van der Waals surface area contributed by atoms with E-state index in [9.17, 15) is 22.4 Å². The molecule has 0 spiro atoms. The molecule has 0 bridgehead atoms. The minimum atomic E-state index is -4.54. The summed E-state index contributed by atoms with van der Waals surface area (Å²) in [5, 5.41) is 10.1. The van der Waals surface area contributed by atoms with Crippen molar-refractivity contribution in [2.75, 3.05) is 25.5 Å². The molecule has 1 fully saturated rings. The van der Waals surface area contributed by atoms with Crippen LogP contribution >= 0.6 is 0 Å². The van der Waals surface area contributed by atoms with Crippen molar-refractivity contribution in [3.63, 3.8) is 0 Å². The second kappa shape index (κ2) is 10.8. The number of halogens is 4. The fraction of sp³-hybridized carbons (Fsp3) is 0.481. The number of amides is 1. The molecule has 41 heavy (non-hydrogen) atoms. The molecule has 4 aromatic rings. The minimum absolute atomic E-state index is 0.0124. The van der Waals surface area contributed by atoms with Gasteiger partial charge in [0, 0.05) is 29.6 Å². The van der Waals surface area contributed by atoms with Gasteiger partial charge in [0.2, 0.25) is 11.7 Å². The van der Waals surface area contributed by atoms with Crippen LogP contribution in [0.2, 0.25) is 0 Å². The summed E-state index contributed by atoms with van der Waals surface area (Å²) in [6.07, 6.45) is -3.87. The van der Waals surface area contributed by atoms with E-state index in [1.165, 1.54) is 12.3 Å². The van der Waals surface area contributed by atoms with Crippen molar-refractivity contribution >= 4 is 22.5 Å². The molecule has 0 saturated carbocycles. The highest BCUT2D eigenvalue weighted by Gasteiger charge is 2.32. The Hall–Kier alpha value is -3.94. The lowest BCUT2D eigenvalue weighted by molar-refractivity contribution is -0.139. The lowest BCUT2D eigenvalue weighted by Crippen LogP contribution is -2.46. The van der Waals surface area contributed by atoms with Gasteiger partial charge in [0.1, 0.15) is 19.0 Å². The Kier molecular flexibility index (Phi) is 7.53. The molecular weight excluding hydrogens is 546 g/mol. The number of nitrogens with one attached hydrogen (secondary N) is 2. The summed E-state index contributed by atoms with van der Waals surface area (Å²) < 4.78 is 67.3. The summed E-state index contributed by atoms with van der Waals surface area (Å²) in [4.78, 5) is 22.8. The summed E-state index contributed by atoms with van der Waals surface area (Å²) in [5.41, 5.74) is 0.552. The summed E-state index contributed by atoms with van der Waals surface area (Å²) >= 11 is 0. The van der Waals surface area contributed by atoms with Crippen molar-refractivity contribution in [3.8, 4) is 11.5 Å². The van der Waals surface area contributed by atoms with E-state index < -0.39 is 30.8 Å². The predicted octanol–water partition coefficient (Wildman–Crippen LogP) is 4.92. The van der Waals surface area contributed by atoms with Gasteiger partial charge in [0.25, 0.3) is 5.91 Å². The number of alkyl halides is 4. The van der Waals surface area contributed by atoms with Gasteiger partial charge in [-0.25, -0.2) is 9.37 Å². The monoisotopic (exact) mass is 577 g/mol. The lowest BCUT2D eigenvalue weighted by Gasteiger charge is -2.33. The van der Waals surface area contributed by atoms with Crippen molar-refractivity contribution in [2.45, 2.75) is 64.1 Å². The highest BCUT2D eigenvalue weighted by Crippen LogP contribution is 2.35. The standard InChI is InChI=1S/C27H31F4N7O3/c1-26(2,3)25-34-19(13-40-25)24(39)32-11-22-35-23(36-41-22)21-10-15-17(33-18-8-9-37(4)12-16(18)28)6-5-7-20(15)38(21)14-27(29,30)31/h5-7,10,13,16,18,33H,8-9,11-12,14H2,1-4H3,(H,32,39)/t16-,18+/m0/s1. The van der Waals surface area contributed by atoms with Crippen LogP contribution < -0.4 is 10.6 Å². The molecular formula is C27H31F4N7O3. The second-order valence-electron chi connectivity index (χ2n) is 11.3. The van der Waals surface area contributed by atoms with Gasteiger partial charge in [-0.1, -0.05) is 32.0 Å². The summed E-state index contributed by atoms with van der Waals surface area (Å²) in [6.45, 7) is 5.18. The fourth-order valence-electron chi connectivity index (χ4n) is 4.76. The van der Waals surface area contributed by atoms with Crippen LogP contribution in [0.25, 0.3) is 22.4 Å². The van der Waals surface area contributed by atoms with Gasteiger partial charge in [0.05, 0.1) is 23.8 Å². The molecule has 5 rings (SSSR count). The lowest BCUT2D eigenvalue weighted by atomic mass is 9.97. The summed E-state index contributed by atoms with van der Waals surface area (Å²) in [6, 6.07) is 5.94. The number of piperidine rings is 1. The predicted molar refractivity (Wildman–Crippen MR) is 142 cm³/mol. The van der Waals surface area contributed by atoms with Gasteiger partial charge in [0.15, 0.2) is 11.6 Å². The van der Waals surface area contributed by atoms with Crippen LogP contribution in [-0.4, -0.2) is 69.0 Å². The van der Waals surface area contributed by atoms with Gasteiger partial charge in [-0.15, -0.1) is 0 Å². The third-order valence-corrected chi connectivity index (χ3v) is 6.84. The number of nitrogens with zero attached hydrogens (tertiary/aromatic N) is 5. The second-order valence-corrected chi connectivity index (χ2v) is 11.3. The van der Waals surface area contributed by atoms with Crippen LogP contribution in [0.15, 0.2) is 39.5 Å². The molecule has 1 aliphatic heterocycles. The van der Waals surface area contributed by atoms with Gasteiger partial charge < -0.3 is 29.0 Å². The molecule has 14 heteroatoms. The number of benzene rings is 1. The Balaban J connectivity index is 1.40. The number of likely N-dealkylation sites (tertiary alicyclic amines) is 1. The Morgan fingerprint density at radius 1 is 1.20 bits per heavy atom. The van der Waals surface area contributed by atoms with Crippen molar-refractivity contribution in [1.29, 1.82) is 0 Å². The van der Waals surface area contributed by atoms with E-state index in [4.69, 9.17) is 8.94 Å². The van der Waals surface area contributed by atoms with E-state index in [0.717, 1.165) is 4.57 Å². The number of oxazole rings is 1. The van der Waals surface area contributed by atoms with Crippen molar-refractivity contribution < 1.29 is 31.3 Å². The molecule has 2 N–H and O–H groups in total. The van der Waals surface area contributed by atoms with E-state index >= 15 is 0 Å². The third-order valence-electron chi connectivity index (χ3n) is 6.84. The van der Waals surface area contributed by atoms with Crippen LogP contribution in [0.4, 0.5) is 23.2 Å². The zero-order valence-electron chi connectivity index (χ0n) is 23.0. The smallest absolute Gasteiger partial charge is 0.406 e. The zero-order valence-corrected chi connectivity index (χ0v) is 23.0. The Labute approximate surface area is 233 Å². The first-order valence-corrected chi connectivity index (χ1v) is 13.1. The molecule has 0 unspecified atom stereocenters. The van der Waals surface area contributed by atoms with Gasteiger partial charge in [-0.2, -0.15) is 18.2 Å². The maximum atomic E-state index is 14.7. The highest BCUT2D eigenvalue weighted by atomic mass is 19.4. The van der Waals surface area contributed by atoms with Crippen LogP contribution in [0.3, 0.4) is 0 Å². The molecule has 1 aliphatic rings. The average Bonchev–Trinajstić information content (AvgIpc) is 3.63. The molecule has 0 radical (unpaired) electrons. The number of fused-ring (bicyclic) bond motifs is 1. The Morgan fingerprint density at radius 2 is 1.98 bits per heavy atom. The molecule has 1 amide bonds. The summed E-state index contributed by atoms with van der Waals surface area (Å²) in [7, 11) is 1.84. The Bertz CT molecular complexity index is 1540. The first-order chi connectivity index (χ1) is 19.3. The number of rotatable bonds is 7. The van der Waals surface area contributed by atoms with Crippen molar-refractivity contribution in [1.82, 2.24) is 29.9 Å². The molecule has 1 saturated heterocycles. The molecule has 10 nitrogen and oxygen atoms in total. The van der Waals surface area contributed by atoms with E-state index in [0.29, 0.717) is 29.9 Å². The number of anilines is 1. The number of carbonyl (C=O) groups is 1. The average molecular weight is 578 g/mol. The third kappa shape index (κ3) is 6.37. The Morgan fingerprint density at radius 3 is 2.66 bits per heavy atom. The van der Waals surface area contributed by atoms with Gasteiger partial charge in [-0.3, -0.25) is 4.79 Å². The topological polar surface area (TPSA) is 114 Å². The molecule has 1 aromatic carbocycles. The van der Waals surface area contributed by atoms with Gasteiger partial charge in [-0.05, 0) is 31.7 Å². The maximum absolute atomic E-state index is 14.7. The van der Waals surface area contributed by atoms with Gasteiger partial charge >= 0.3 is 6.18 Å². The SMILES string of the molecule is CN1CC[C@@H](Nc2cccc3c2cc(-c2noc(CNC(=O)c4coc(C(C)(C)C)n4)n2)n3CC(F)(F)F)[C@@H](F)C1. The molecule has 0 aliphatic carbocycles. The highest BCUT2D eigenvalue weighted by molar-refractivity contribution is 5.96. The van der Waals surface area contributed by atoms with E-state index in [-0.39, 0.29) is 47.1 Å². The van der Waals surface area contributed by atoms with E-state index in [1.54, 1.807) is 18.2 Å². The maximum Gasteiger partial charge on any atom is 0.406 e. The number of aromatic nitrogens is 4. The zero-order chi connectivity index (χ0) is 29.5. The quantitative estimate of drug-likeness (QED) is 0.298. The van der Waals surface area contributed by atoms with E-state index in [2.05, 4.69) is 25.8 Å².